The lowest BCUT2D eigenvalue weighted by molar-refractivity contribution is 0.00578. The molecule has 1 aliphatic rings. The van der Waals surface area contributed by atoms with Crippen LogP contribution in [0, 0.1) is 0 Å². The molecule has 1 aliphatic heterocycles. The zero-order chi connectivity index (χ0) is 13.6. The average Bonchev–Trinajstić information content (AvgIpc) is 2.47. The van der Waals surface area contributed by atoms with Crippen LogP contribution in [0.15, 0.2) is 12.3 Å². The normalized spacial score (nSPS) is 21.3. The van der Waals surface area contributed by atoms with Gasteiger partial charge in [0.05, 0.1) is 16.9 Å². The van der Waals surface area contributed by atoms with Crippen LogP contribution in [0.1, 0.15) is 33.4 Å². The molecule has 0 aromatic carbocycles. The average molecular weight is 249 g/mol. The van der Waals surface area contributed by atoms with Gasteiger partial charge >= 0.3 is 7.12 Å². The number of rotatable bonds is 2. The number of hydrogen-bond donors (Lipinski definition) is 2. The Morgan fingerprint density at radius 3 is 2.28 bits per heavy atom. The number of nitrogen functional groups attached to an aromatic ring is 1. The second kappa shape index (κ2) is 4.22. The highest BCUT2D eigenvalue weighted by atomic mass is 16.7. The van der Waals surface area contributed by atoms with Crippen LogP contribution in [-0.4, -0.2) is 23.3 Å². The molecule has 0 spiro atoms. The molecule has 0 atom stereocenters. The monoisotopic (exact) mass is 249 g/mol. The Balaban J connectivity index is 2.41. The Hall–Kier alpha value is -1.11. The summed E-state index contributed by atoms with van der Waals surface area (Å²) in [4.78, 5) is 4.23. The van der Waals surface area contributed by atoms with Gasteiger partial charge in [0, 0.05) is 23.9 Å². The van der Waals surface area contributed by atoms with Crippen molar-refractivity contribution in [1.29, 1.82) is 0 Å². The van der Waals surface area contributed by atoms with Crippen molar-refractivity contribution in [2.75, 3.05) is 5.73 Å². The van der Waals surface area contributed by atoms with E-state index in [-0.39, 0.29) is 0 Å². The van der Waals surface area contributed by atoms with Gasteiger partial charge in [-0.2, -0.15) is 0 Å². The maximum absolute atomic E-state index is 6.00. The van der Waals surface area contributed by atoms with E-state index in [1.165, 1.54) is 0 Å². The fourth-order valence-electron chi connectivity index (χ4n) is 1.93. The molecule has 4 N–H and O–H groups in total. The molecule has 5 nitrogen and oxygen atoms in total. The van der Waals surface area contributed by atoms with Crippen molar-refractivity contribution in [2.45, 2.75) is 45.4 Å². The second-order valence-electron chi connectivity index (χ2n) is 5.55. The van der Waals surface area contributed by atoms with E-state index in [2.05, 4.69) is 4.98 Å². The van der Waals surface area contributed by atoms with E-state index in [0.717, 1.165) is 5.46 Å². The molecule has 1 aromatic rings. The third-order valence-electron chi connectivity index (χ3n) is 3.79. The van der Waals surface area contributed by atoms with Crippen LogP contribution in [0.25, 0.3) is 0 Å². The van der Waals surface area contributed by atoms with Crippen molar-refractivity contribution >= 4 is 18.3 Å². The summed E-state index contributed by atoms with van der Waals surface area (Å²) in [5.41, 5.74) is 13.0. The van der Waals surface area contributed by atoms with Crippen LogP contribution in [0.5, 0.6) is 0 Å². The number of aromatic nitrogens is 1. The minimum absolute atomic E-state index is 0.310. The summed E-state index contributed by atoms with van der Waals surface area (Å²) < 4.78 is 12.0. The molecule has 18 heavy (non-hydrogen) atoms. The lowest BCUT2D eigenvalue weighted by Crippen LogP contribution is -2.41. The number of nitrogens with zero attached hydrogens (tertiary/aromatic N) is 1. The molecule has 1 fully saturated rings. The van der Waals surface area contributed by atoms with Crippen molar-refractivity contribution in [3.05, 3.63) is 18.0 Å². The minimum atomic E-state index is -0.512. The first-order valence-electron chi connectivity index (χ1n) is 6.07. The Labute approximate surface area is 108 Å². The van der Waals surface area contributed by atoms with E-state index in [1.54, 1.807) is 12.3 Å². The molecule has 6 heteroatoms. The van der Waals surface area contributed by atoms with Gasteiger partial charge in [-0.1, -0.05) is 0 Å². The van der Waals surface area contributed by atoms with Crippen LogP contribution in [0.3, 0.4) is 0 Å². The summed E-state index contributed by atoms with van der Waals surface area (Å²) in [7, 11) is -0.512. The van der Waals surface area contributed by atoms with Gasteiger partial charge in [0.2, 0.25) is 0 Å². The predicted molar refractivity (Wildman–Crippen MR) is 72.3 cm³/mol. The summed E-state index contributed by atoms with van der Waals surface area (Å²) >= 11 is 0. The summed E-state index contributed by atoms with van der Waals surface area (Å²) in [6.45, 7) is 8.32. The van der Waals surface area contributed by atoms with Gasteiger partial charge in [0.25, 0.3) is 0 Å². The van der Waals surface area contributed by atoms with E-state index in [1.807, 2.05) is 27.7 Å². The molecule has 98 valence electrons. The SMILES string of the molecule is CC1(C)OB(c2c(N)ccnc2CN)OC1(C)C. The molecule has 1 aromatic heterocycles. The van der Waals surface area contributed by atoms with Crippen molar-refractivity contribution in [2.24, 2.45) is 5.73 Å². The fourth-order valence-corrected chi connectivity index (χ4v) is 1.93. The van der Waals surface area contributed by atoms with Crippen LogP contribution >= 0.6 is 0 Å². The quantitative estimate of drug-likeness (QED) is 0.742. The Bertz CT molecular complexity index is 447. The maximum Gasteiger partial charge on any atom is 0.498 e. The summed E-state index contributed by atoms with van der Waals surface area (Å²) in [5.74, 6) is 0. The van der Waals surface area contributed by atoms with Gasteiger partial charge in [0.1, 0.15) is 0 Å². The van der Waals surface area contributed by atoms with Gasteiger partial charge in [0.15, 0.2) is 0 Å². The molecule has 0 bridgehead atoms. The number of hydrogen-bond acceptors (Lipinski definition) is 5. The number of anilines is 1. The van der Waals surface area contributed by atoms with Gasteiger partial charge in [-0.25, -0.2) is 0 Å². The van der Waals surface area contributed by atoms with Gasteiger partial charge < -0.3 is 20.8 Å². The fraction of sp³-hybridized carbons (Fsp3) is 0.583. The Morgan fingerprint density at radius 1 is 1.22 bits per heavy atom. The third kappa shape index (κ3) is 2.00. The lowest BCUT2D eigenvalue weighted by Gasteiger charge is -2.32. The van der Waals surface area contributed by atoms with Crippen molar-refractivity contribution in [3.63, 3.8) is 0 Å². The smallest absolute Gasteiger partial charge is 0.399 e. The standard InChI is InChI=1S/C12H20BN3O2/c1-11(2)12(3,4)18-13(17-11)10-8(15)5-6-16-9(10)7-14/h5-6H,7,14H2,1-4H3,(H2,15,16). The molecule has 2 heterocycles. The summed E-state index contributed by atoms with van der Waals surface area (Å²) in [6, 6.07) is 1.74. The van der Waals surface area contributed by atoms with Crippen LogP contribution in [0.4, 0.5) is 5.69 Å². The molecule has 0 saturated carbocycles. The topological polar surface area (TPSA) is 83.4 Å². The van der Waals surface area contributed by atoms with E-state index < -0.39 is 18.3 Å². The second-order valence-corrected chi connectivity index (χ2v) is 5.55. The van der Waals surface area contributed by atoms with Gasteiger partial charge in [-0.15, -0.1) is 0 Å². The molecule has 0 amide bonds. The van der Waals surface area contributed by atoms with Gasteiger partial charge in [-0.3, -0.25) is 4.98 Å². The van der Waals surface area contributed by atoms with Gasteiger partial charge in [-0.05, 0) is 33.8 Å². The van der Waals surface area contributed by atoms with E-state index in [4.69, 9.17) is 20.8 Å². The first-order chi connectivity index (χ1) is 8.28. The molecule has 0 radical (unpaired) electrons. The van der Waals surface area contributed by atoms with Crippen molar-refractivity contribution < 1.29 is 9.31 Å². The van der Waals surface area contributed by atoms with Crippen LogP contribution in [0.2, 0.25) is 0 Å². The third-order valence-corrected chi connectivity index (χ3v) is 3.79. The highest BCUT2D eigenvalue weighted by Crippen LogP contribution is 2.36. The van der Waals surface area contributed by atoms with E-state index in [9.17, 15) is 0 Å². The number of pyridine rings is 1. The number of nitrogens with two attached hydrogens (primary N) is 2. The van der Waals surface area contributed by atoms with Crippen LogP contribution < -0.4 is 16.9 Å². The molecule has 1 saturated heterocycles. The highest BCUT2D eigenvalue weighted by Gasteiger charge is 2.52. The zero-order valence-electron chi connectivity index (χ0n) is 11.4. The zero-order valence-corrected chi connectivity index (χ0v) is 11.4. The minimum Gasteiger partial charge on any atom is -0.399 e. The van der Waals surface area contributed by atoms with E-state index in [0.29, 0.717) is 17.9 Å². The summed E-state index contributed by atoms with van der Waals surface area (Å²) in [5, 5.41) is 0. The predicted octanol–water partition coefficient (Wildman–Crippen LogP) is 0.422. The Kier molecular flexibility index (Phi) is 3.13. The molecular formula is C12H20BN3O2. The molecule has 0 unspecified atom stereocenters. The lowest BCUT2D eigenvalue weighted by atomic mass is 9.76. The molecule has 0 aliphatic carbocycles. The largest absolute Gasteiger partial charge is 0.498 e. The first kappa shape index (κ1) is 13.3. The van der Waals surface area contributed by atoms with Crippen molar-refractivity contribution in [3.8, 4) is 0 Å². The Morgan fingerprint density at radius 2 is 1.78 bits per heavy atom. The first-order valence-corrected chi connectivity index (χ1v) is 6.07. The van der Waals surface area contributed by atoms with Crippen LogP contribution in [-0.2, 0) is 15.9 Å². The summed E-state index contributed by atoms with van der Waals surface area (Å²) in [6.07, 6.45) is 1.65. The highest BCUT2D eigenvalue weighted by molar-refractivity contribution is 6.64. The maximum atomic E-state index is 6.00. The van der Waals surface area contributed by atoms with E-state index >= 15 is 0 Å². The van der Waals surface area contributed by atoms with Crippen molar-refractivity contribution in [1.82, 2.24) is 4.98 Å². The molecule has 2 rings (SSSR count). The molecular weight excluding hydrogens is 229 g/mol.